The van der Waals surface area contributed by atoms with E-state index >= 15 is 0 Å². The first kappa shape index (κ1) is 10.8. The topological polar surface area (TPSA) is 35.0 Å². The molecule has 0 radical (unpaired) electrons. The number of pyridine rings is 2. The van der Waals surface area contributed by atoms with Crippen LogP contribution in [0.1, 0.15) is 5.69 Å². The lowest BCUT2D eigenvalue weighted by Gasteiger charge is -2.07. The van der Waals surface area contributed by atoms with Crippen LogP contribution in [0.3, 0.4) is 0 Å². The van der Waals surface area contributed by atoms with Gasteiger partial charge in [0.15, 0.2) is 11.6 Å². The SMILES string of the molecule is Cc1ncccc1Oc1ncc(Cl)cc1F. The summed E-state index contributed by atoms with van der Waals surface area (Å²) < 4.78 is 18.7. The van der Waals surface area contributed by atoms with Crippen LogP contribution in [0, 0.1) is 12.7 Å². The van der Waals surface area contributed by atoms with Gasteiger partial charge in [-0.15, -0.1) is 0 Å². The Hall–Kier alpha value is -1.68. The van der Waals surface area contributed by atoms with Gasteiger partial charge in [-0.25, -0.2) is 9.37 Å². The third kappa shape index (κ3) is 2.28. The number of hydrogen-bond donors (Lipinski definition) is 0. The van der Waals surface area contributed by atoms with Crippen LogP contribution in [0.2, 0.25) is 5.02 Å². The highest BCUT2D eigenvalue weighted by molar-refractivity contribution is 6.30. The fourth-order valence-electron chi connectivity index (χ4n) is 1.16. The van der Waals surface area contributed by atoms with Gasteiger partial charge in [0.25, 0.3) is 5.88 Å². The zero-order chi connectivity index (χ0) is 11.5. The van der Waals surface area contributed by atoms with Crippen LogP contribution >= 0.6 is 11.6 Å². The molecule has 0 aliphatic carbocycles. The number of aryl methyl sites for hydroxylation is 1. The number of halogens is 2. The van der Waals surface area contributed by atoms with Gasteiger partial charge in [0.2, 0.25) is 0 Å². The van der Waals surface area contributed by atoms with Crippen molar-refractivity contribution in [3.8, 4) is 11.6 Å². The zero-order valence-corrected chi connectivity index (χ0v) is 9.20. The second-order valence-electron chi connectivity index (χ2n) is 3.13. The summed E-state index contributed by atoms with van der Waals surface area (Å²) in [6.07, 6.45) is 2.96. The van der Waals surface area contributed by atoms with Crippen molar-refractivity contribution in [1.82, 2.24) is 9.97 Å². The summed E-state index contributed by atoms with van der Waals surface area (Å²) in [6.45, 7) is 1.77. The van der Waals surface area contributed by atoms with Gasteiger partial charge >= 0.3 is 0 Å². The van der Waals surface area contributed by atoms with Crippen LogP contribution in [0.25, 0.3) is 0 Å². The van der Waals surface area contributed by atoms with Crippen LogP contribution in [0.5, 0.6) is 11.6 Å². The quantitative estimate of drug-likeness (QED) is 0.805. The summed E-state index contributed by atoms with van der Waals surface area (Å²) in [5, 5.41) is 0.229. The number of aromatic nitrogens is 2. The molecule has 0 fully saturated rings. The Bertz CT molecular complexity index is 519. The lowest BCUT2D eigenvalue weighted by molar-refractivity contribution is 0.418. The number of hydrogen-bond acceptors (Lipinski definition) is 3. The summed E-state index contributed by atoms with van der Waals surface area (Å²) in [4.78, 5) is 7.78. The maximum atomic E-state index is 13.4. The molecule has 5 heteroatoms. The average Bonchev–Trinajstić information content (AvgIpc) is 2.25. The Morgan fingerprint density at radius 3 is 2.88 bits per heavy atom. The number of nitrogens with zero attached hydrogens (tertiary/aromatic N) is 2. The van der Waals surface area contributed by atoms with Crippen molar-refractivity contribution < 1.29 is 9.13 Å². The predicted molar refractivity (Wildman–Crippen MR) is 58.3 cm³/mol. The first-order valence-electron chi connectivity index (χ1n) is 4.57. The molecule has 0 aliphatic rings. The normalized spacial score (nSPS) is 10.2. The van der Waals surface area contributed by atoms with E-state index in [9.17, 15) is 4.39 Å². The fraction of sp³-hybridized carbons (Fsp3) is 0.0909. The minimum absolute atomic E-state index is 0.111. The molecule has 0 amide bonds. The summed E-state index contributed by atoms with van der Waals surface area (Å²) >= 11 is 5.58. The molecule has 2 aromatic heterocycles. The van der Waals surface area contributed by atoms with E-state index in [1.165, 1.54) is 6.20 Å². The van der Waals surface area contributed by atoms with Gasteiger partial charge in [0, 0.05) is 12.4 Å². The number of ether oxygens (including phenoxy) is 1. The maximum Gasteiger partial charge on any atom is 0.256 e. The van der Waals surface area contributed by atoms with E-state index in [4.69, 9.17) is 16.3 Å². The molecule has 16 heavy (non-hydrogen) atoms. The van der Waals surface area contributed by atoms with Crippen molar-refractivity contribution in [2.75, 3.05) is 0 Å². The molecule has 0 atom stereocenters. The number of rotatable bonds is 2. The highest BCUT2D eigenvalue weighted by Gasteiger charge is 2.08. The predicted octanol–water partition coefficient (Wildman–Crippen LogP) is 3.37. The first-order chi connectivity index (χ1) is 7.66. The Balaban J connectivity index is 2.31. The molecule has 2 heterocycles. The molecule has 82 valence electrons. The van der Waals surface area contributed by atoms with Crippen molar-refractivity contribution in [2.45, 2.75) is 6.92 Å². The van der Waals surface area contributed by atoms with Gasteiger partial charge in [-0.3, -0.25) is 4.98 Å². The molecule has 0 bridgehead atoms. The summed E-state index contributed by atoms with van der Waals surface area (Å²) in [6, 6.07) is 4.55. The van der Waals surface area contributed by atoms with Gasteiger partial charge in [-0.05, 0) is 25.1 Å². The van der Waals surface area contributed by atoms with Crippen LogP contribution in [-0.2, 0) is 0 Å². The third-order valence-corrected chi connectivity index (χ3v) is 2.15. The standard InChI is InChI=1S/C11H8ClFN2O/c1-7-10(3-2-4-14-7)16-11-9(13)5-8(12)6-15-11/h2-6H,1H3. The second kappa shape index (κ2) is 4.45. The highest BCUT2D eigenvalue weighted by Crippen LogP contribution is 2.25. The van der Waals surface area contributed by atoms with Crippen molar-refractivity contribution in [3.05, 3.63) is 47.1 Å². The molecular weight excluding hydrogens is 231 g/mol. The van der Waals surface area contributed by atoms with Gasteiger partial charge in [0.1, 0.15) is 0 Å². The Morgan fingerprint density at radius 2 is 2.19 bits per heavy atom. The van der Waals surface area contributed by atoms with Crippen LogP contribution < -0.4 is 4.74 Å². The Labute approximate surface area is 96.9 Å². The van der Waals surface area contributed by atoms with Crippen LogP contribution in [0.15, 0.2) is 30.6 Å². The van der Waals surface area contributed by atoms with Crippen LogP contribution in [-0.4, -0.2) is 9.97 Å². The van der Waals surface area contributed by atoms with Gasteiger partial charge in [0.05, 0.1) is 10.7 Å². The maximum absolute atomic E-state index is 13.4. The largest absolute Gasteiger partial charge is 0.435 e. The molecule has 3 nitrogen and oxygen atoms in total. The molecule has 0 aromatic carbocycles. The van der Waals surface area contributed by atoms with E-state index < -0.39 is 5.82 Å². The summed E-state index contributed by atoms with van der Waals surface area (Å²) in [5.41, 5.74) is 0.665. The molecule has 0 spiro atoms. The van der Waals surface area contributed by atoms with Crippen molar-refractivity contribution in [3.63, 3.8) is 0 Å². The zero-order valence-electron chi connectivity index (χ0n) is 8.45. The molecular formula is C11H8ClFN2O. The minimum Gasteiger partial charge on any atom is -0.435 e. The van der Waals surface area contributed by atoms with Gasteiger partial charge in [-0.2, -0.15) is 0 Å². The molecule has 2 aromatic rings. The second-order valence-corrected chi connectivity index (χ2v) is 3.57. The van der Waals surface area contributed by atoms with E-state index in [-0.39, 0.29) is 10.9 Å². The Morgan fingerprint density at radius 1 is 1.38 bits per heavy atom. The third-order valence-electron chi connectivity index (χ3n) is 1.94. The first-order valence-corrected chi connectivity index (χ1v) is 4.95. The van der Waals surface area contributed by atoms with Crippen molar-refractivity contribution >= 4 is 11.6 Å². The monoisotopic (exact) mass is 238 g/mol. The average molecular weight is 239 g/mol. The molecule has 0 unspecified atom stereocenters. The van der Waals surface area contributed by atoms with Gasteiger partial charge in [-0.1, -0.05) is 11.6 Å². The van der Waals surface area contributed by atoms with Crippen molar-refractivity contribution in [2.24, 2.45) is 0 Å². The smallest absolute Gasteiger partial charge is 0.256 e. The van der Waals surface area contributed by atoms with E-state index in [0.717, 1.165) is 6.07 Å². The molecule has 0 aliphatic heterocycles. The lowest BCUT2D eigenvalue weighted by Crippen LogP contribution is -1.94. The van der Waals surface area contributed by atoms with E-state index in [1.54, 1.807) is 25.3 Å². The lowest BCUT2D eigenvalue weighted by atomic mass is 10.3. The molecule has 0 saturated heterocycles. The highest BCUT2D eigenvalue weighted by atomic mass is 35.5. The summed E-state index contributed by atoms with van der Waals surface area (Å²) in [7, 11) is 0. The Kier molecular flexibility index (Phi) is 3.01. The minimum atomic E-state index is -0.601. The van der Waals surface area contributed by atoms with E-state index in [1.807, 2.05) is 0 Å². The van der Waals surface area contributed by atoms with Crippen molar-refractivity contribution in [1.29, 1.82) is 0 Å². The van der Waals surface area contributed by atoms with Gasteiger partial charge < -0.3 is 4.74 Å². The fourth-order valence-corrected chi connectivity index (χ4v) is 1.30. The molecule has 2 rings (SSSR count). The molecule has 0 saturated carbocycles. The van der Waals surface area contributed by atoms with E-state index in [2.05, 4.69) is 9.97 Å². The van der Waals surface area contributed by atoms with Crippen LogP contribution in [0.4, 0.5) is 4.39 Å². The van der Waals surface area contributed by atoms with E-state index in [0.29, 0.717) is 11.4 Å². The summed E-state index contributed by atoms with van der Waals surface area (Å²) in [5.74, 6) is -0.243. The molecule has 0 N–H and O–H groups in total.